The molecule has 0 aliphatic carbocycles. The van der Waals surface area contributed by atoms with Crippen molar-refractivity contribution in [1.29, 1.82) is 0 Å². The van der Waals surface area contributed by atoms with Gasteiger partial charge in [0.25, 0.3) is 0 Å². The van der Waals surface area contributed by atoms with E-state index < -0.39 is 0 Å². The van der Waals surface area contributed by atoms with E-state index in [0.29, 0.717) is 0 Å². The fraction of sp³-hybridized carbons (Fsp3) is 0.0714. The molecule has 0 fully saturated rings. The van der Waals surface area contributed by atoms with Crippen LogP contribution in [0, 0.1) is 11.8 Å². The van der Waals surface area contributed by atoms with E-state index in [0.717, 1.165) is 22.3 Å². The van der Waals surface area contributed by atoms with E-state index in [1.807, 2.05) is 13.8 Å². The van der Waals surface area contributed by atoms with Gasteiger partial charge in [-0.1, -0.05) is 96.8 Å². The van der Waals surface area contributed by atoms with E-state index >= 15 is 0 Å². The summed E-state index contributed by atoms with van der Waals surface area (Å²) in [7, 11) is 0. The summed E-state index contributed by atoms with van der Waals surface area (Å²) in [5.74, 6) is 6.78. The molecule has 0 amide bonds. The number of fused-ring (bicyclic) bond motifs is 2. The Balaban J connectivity index is 1.69. The first kappa shape index (κ1) is 17.8. The average molecular weight is 358 g/mol. The first-order valence-electron chi connectivity index (χ1n) is 9.61. The molecule has 0 bridgehead atoms. The van der Waals surface area contributed by atoms with Gasteiger partial charge in [-0.25, -0.2) is 0 Å². The number of hydrogen-bond acceptors (Lipinski definition) is 0. The standard InChI is InChI=1S/C28H22/c1-3-21(27-17-15-23-9-5-7-11-25(23)19-27)13-14-22(4-2)28-18-16-24-10-6-8-12-26(24)20-28/h3-12,15-20H,1-2H3/b21-3+,22-4+. The summed E-state index contributed by atoms with van der Waals surface area (Å²) in [6.45, 7) is 4.09. The lowest BCUT2D eigenvalue weighted by Crippen LogP contribution is -1.85. The molecular weight excluding hydrogens is 336 g/mol. The molecule has 0 atom stereocenters. The van der Waals surface area contributed by atoms with Gasteiger partial charge in [-0.15, -0.1) is 0 Å². The number of hydrogen-bond donors (Lipinski definition) is 0. The van der Waals surface area contributed by atoms with Gasteiger partial charge in [-0.2, -0.15) is 0 Å². The van der Waals surface area contributed by atoms with Gasteiger partial charge in [0, 0.05) is 11.1 Å². The third-order valence-electron chi connectivity index (χ3n) is 5.03. The lowest BCUT2D eigenvalue weighted by molar-refractivity contribution is 1.64. The maximum Gasteiger partial charge on any atom is 0.0279 e. The highest BCUT2D eigenvalue weighted by molar-refractivity contribution is 5.93. The quantitative estimate of drug-likeness (QED) is 0.325. The minimum absolute atomic E-state index is 1.05. The Morgan fingerprint density at radius 2 is 0.929 bits per heavy atom. The van der Waals surface area contributed by atoms with E-state index in [1.165, 1.54) is 21.5 Å². The third-order valence-corrected chi connectivity index (χ3v) is 5.03. The van der Waals surface area contributed by atoms with Crippen molar-refractivity contribution in [2.75, 3.05) is 0 Å². The van der Waals surface area contributed by atoms with Crippen LogP contribution in [0.5, 0.6) is 0 Å². The second-order valence-corrected chi connectivity index (χ2v) is 6.78. The summed E-state index contributed by atoms with van der Waals surface area (Å²) < 4.78 is 0. The second-order valence-electron chi connectivity index (χ2n) is 6.78. The molecule has 0 N–H and O–H groups in total. The van der Waals surface area contributed by atoms with Crippen molar-refractivity contribution < 1.29 is 0 Å². The Hall–Kier alpha value is -3.56. The van der Waals surface area contributed by atoms with Crippen LogP contribution in [-0.4, -0.2) is 0 Å². The fourth-order valence-electron chi connectivity index (χ4n) is 3.47. The van der Waals surface area contributed by atoms with Crippen molar-refractivity contribution in [1.82, 2.24) is 0 Å². The summed E-state index contributed by atoms with van der Waals surface area (Å²) in [6.07, 6.45) is 4.18. The van der Waals surface area contributed by atoms with Gasteiger partial charge < -0.3 is 0 Å². The normalized spacial score (nSPS) is 12.1. The van der Waals surface area contributed by atoms with Crippen LogP contribution < -0.4 is 0 Å². The van der Waals surface area contributed by atoms with Gasteiger partial charge >= 0.3 is 0 Å². The second kappa shape index (κ2) is 7.99. The number of allylic oxidation sites excluding steroid dienone is 4. The maximum atomic E-state index is 3.39. The van der Waals surface area contributed by atoms with Crippen LogP contribution in [0.2, 0.25) is 0 Å². The minimum Gasteiger partial charge on any atom is -0.0713 e. The van der Waals surface area contributed by atoms with E-state index in [9.17, 15) is 0 Å². The molecule has 4 aromatic carbocycles. The van der Waals surface area contributed by atoms with Crippen LogP contribution >= 0.6 is 0 Å². The van der Waals surface area contributed by atoms with Crippen LogP contribution in [0.4, 0.5) is 0 Å². The highest BCUT2D eigenvalue weighted by atomic mass is 14.1. The largest absolute Gasteiger partial charge is 0.0713 e. The molecule has 0 nitrogen and oxygen atoms in total. The lowest BCUT2D eigenvalue weighted by atomic mass is 9.99. The molecule has 0 aliphatic rings. The number of rotatable bonds is 2. The molecule has 0 saturated carbocycles. The van der Waals surface area contributed by atoms with Gasteiger partial charge in [0.1, 0.15) is 0 Å². The molecule has 0 aromatic heterocycles. The highest BCUT2D eigenvalue weighted by Crippen LogP contribution is 2.23. The summed E-state index contributed by atoms with van der Waals surface area (Å²) in [4.78, 5) is 0. The number of benzene rings is 4. The Labute approximate surface area is 166 Å². The van der Waals surface area contributed by atoms with Crippen LogP contribution in [0.3, 0.4) is 0 Å². The van der Waals surface area contributed by atoms with E-state index in [4.69, 9.17) is 0 Å². The Kier molecular flexibility index (Phi) is 5.09. The maximum absolute atomic E-state index is 3.39. The molecule has 0 radical (unpaired) electrons. The monoisotopic (exact) mass is 358 g/mol. The van der Waals surface area contributed by atoms with Crippen LogP contribution in [-0.2, 0) is 0 Å². The zero-order chi connectivity index (χ0) is 19.3. The minimum atomic E-state index is 1.05. The van der Waals surface area contributed by atoms with E-state index in [1.54, 1.807) is 0 Å². The van der Waals surface area contributed by atoms with Crippen molar-refractivity contribution in [3.05, 3.63) is 108 Å². The molecular formula is C28H22. The molecule has 0 spiro atoms. The van der Waals surface area contributed by atoms with Gasteiger partial charge in [-0.3, -0.25) is 0 Å². The molecule has 0 unspecified atom stereocenters. The molecule has 134 valence electrons. The van der Waals surface area contributed by atoms with Crippen LogP contribution in [0.1, 0.15) is 25.0 Å². The zero-order valence-corrected chi connectivity index (χ0v) is 16.2. The van der Waals surface area contributed by atoms with Gasteiger partial charge in [-0.05, 0) is 58.7 Å². The highest BCUT2D eigenvalue weighted by Gasteiger charge is 2.02. The molecule has 0 heteroatoms. The smallest absolute Gasteiger partial charge is 0.0279 e. The lowest BCUT2D eigenvalue weighted by Gasteiger charge is -2.05. The van der Waals surface area contributed by atoms with E-state index in [-0.39, 0.29) is 0 Å². The zero-order valence-electron chi connectivity index (χ0n) is 16.2. The molecule has 28 heavy (non-hydrogen) atoms. The van der Waals surface area contributed by atoms with E-state index in [2.05, 4.69) is 109 Å². The summed E-state index contributed by atoms with van der Waals surface area (Å²) in [5, 5.41) is 4.98. The van der Waals surface area contributed by atoms with Crippen molar-refractivity contribution in [3.8, 4) is 11.8 Å². The third kappa shape index (κ3) is 3.61. The molecule has 4 aromatic rings. The Bertz CT molecular complexity index is 1170. The van der Waals surface area contributed by atoms with Crippen molar-refractivity contribution in [2.45, 2.75) is 13.8 Å². The molecule has 0 heterocycles. The predicted molar refractivity (Wildman–Crippen MR) is 123 cm³/mol. The van der Waals surface area contributed by atoms with Gasteiger partial charge in [0.15, 0.2) is 0 Å². The average Bonchev–Trinajstić information content (AvgIpc) is 2.76. The summed E-state index contributed by atoms with van der Waals surface area (Å²) in [6, 6.07) is 29.9. The summed E-state index contributed by atoms with van der Waals surface area (Å²) in [5.41, 5.74) is 4.40. The Morgan fingerprint density at radius 1 is 0.536 bits per heavy atom. The van der Waals surface area contributed by atoms with Crippen molar-refractivity contribution in [3.63, 3.8) is 0 Å². The van der Waals surface area contributed by atoms with Crippen LogP contribution in [0.15, 0.2) is 97.1 Å². The SMILES string of the molecule is C/C=C(\C#C/C(=C\C)c1ccc2ccccc2c1)c1ccc2ccccc2c1. The van der Waals surface area contributed by atoms with Crippen molar-refractivity contribution >= 4 is 32.7 Å². The Morgan fingerprint density at radius 3 is 1.32 bits per heavy atom. The topological polar surface area (TPSA) is 0 Å². The fourth-order valence-corrected chi connectivity index (χ4v) is 3.47. The predicted octanol–water partition coefficient (Wildman–Crippen LogP) is 7.50. The van der Waals surface area contributed by atoms with Crippen molar-refractivity contribution in [2.24, 2.45) is 0 Å². The van der Waals surface area contributed by atoms with Crippen LogP contribution in [0.25, 0.3) is 32.7 Å². The first-order chi connectivity index (χ1) is 13.8. The molecule has 4 rings (SSSR count). The molecule has 0 saturated heterocycles. The first-order valence-corrected chi connectivity index (χ1v) is 9.61. The molecule has 0 aliphatic heterocycles. The van der Waals surface area contributed by atoms with Gasteiger partial charge in [0.2, 0.25) is 0 Å². The summed E-state index contributed by atoms with van der Waals surface area (Å²) >= 11 is 0. The van der Waals surface area contributed by atoms with Gasteiger partial charge in [0.05, 0.1) is 0 Å².